The average Bonchev–Trinajstić information content (AvgIpc) is 2.52. The molecule has 0 bridgehead atoms. The Bertz CT molecular complexity index is 297. The van der Waals surface area contributed by atoms with Gasteiger partial charge in [0.15, 0.2) is 0 Å². The monoisotopic (exact) mass is 198 g/mol. The summed E-state index contributed by atoms with van der Waals surface area (Å²) in [5.41, 5.74) is 5.49. The predicted octanol–water partition coefficient (Wildman–Crippen LogP) is -0.772. The molecule has 0 aromatic carbocycles. The van der Waals surface area contributed by atoms with E-state index < -0.39 is 0 Å². The van der Waals surface area contributed by atoms with E-state index in [0.717, 1.165) is 0 Å². The standard InChI is InChI=1S/C8H14N4O2/c1-14-5-3-10-7(13)6-12-4-2-11-8(12)9/h2,4H,3,5-6H2,1H3,(H2,9,11)(H,10,13). The van der Waals surface area contributed by atoms with Crippen LogP contribution in [-0.4, -0.2) is 35.7 Å². The van der Waals surface area contributed by atoms with Crippen LogP contribution in [0, 0.1) is 0 Å². The average molecular weight is 198 g/mol. The number of rotatable bonds is 5. The highest BCUT2D eigenvalue weighted by Gasteiger charge is 2.03. The fourth-order valence-corrected chi connectivity index (χ4v) is 0.978. The predicted molar refractivity (Wildman–Crippen MR) is 51.5 cm³/mol. The molecule has 1 heterocycles. The zero-order valence-corrected chi connectivity index (χ0v) is 8.06. The van der Waals surface area contributed by atoms with Gasteiger partial charge < -0.3 is 20.4 Å². The molecule has 0 aliphatic rings. The molecule has 1 aromatic heterocycles. The van der Waals surface area contributed by atoms with E-state index in [4.69, 9.17) is 10.5 Å². The minimum absolute atomic E-state index is 0.105. The van der Waals surface area contributed by atoms with Gasteiger partial charge in [-0.2, -0.15) is 0 Å². The highest BCUT2D eigenvalue weighted by molar-refractivity contribution is 5.76. The van der Waals surface area contributed by atoms with Crippen molar-refractivity contribution in [2.75, 3.05) is 26.0 Å². The van der Waals surface area contributed by atoms with E-state index in [9.17, 15) is 4.79 Å². The Labute approximate surface area is 82.1 Å². The normalized spacial score (nSPS) is 10.1. The van der Waals surface area contributed by atoms with Crippen LogP contribution in [0.1, 0.15) is 0 Å². The number of methoxy groups -OCH3 is 1. The van der Waals surface area contributed by atoms with Crippen molar-refractivity contribution in [3.8, 4) is 0 Å². The van der Waals surface area contributed by atoms with Crippen LogP contribution in [-0.2, 0) is 16.1 Å². The van der Waals surface area contributed by atoms with Crippen LogP contribution in [0.15, 0.2) is 12.4 Å². The fraction of sp³-hybridized carbons (Fsp3) is 0.500. The number of ether oxygens (including phenoxy) is 1. The molecule has 0 saturated carbocycles. The lowest BCUT2D eigenvalue weighted by molar-refractivity contribution is -0.121. The molecule has 0 unspecified atom stereocenters. The maximum atomic E-state index is 11.3. The van der Waals surface area contributed by atoms with Gasteiger partial charge in [0.05, 0.1) is 6.61 Å². The van der Waals surface area contributed by atoms with Gasteiger partial charge in [0.1, 0.15) is 6.54 Å². The van der Waals surface area contributed by atoms with Crippen molar-refractivity contribution in [2.24, 2.45) is 0 Å². The summed E-state index contributed by atoms with van der Waals surface area (Å²) >= 11 is 0. The van der Waals surface area contributed by atoms with Crippen molar-refractivity contribution in [1.82, 2.24) is 14.9 Å². The molecule has 0 saturated heterocycles. The Morgan fingerprint density at radius 1 is 1.79 bits per heavy atom. The molecule has 0 aliphatic heterocycles. The molecular weight excluding hydrogens is 184 g/mol. The van der Waals surface area contributed by atoms with Gasteiger partial charge in [0.2, 0.25) is 11.9 Å². The van der Waals surface area contributed by atoms with E-state index in [2.05, 4.69) is 10.3 Å². The number of carbonyl (C=O) groups is 1. The number of aromatic nitrogens is 2. The lowest BCUT2D eigenvalue weighted by Gasteiger charge is -2.05. The summed E-state index contributed by atoms with van der Waals surface area (Å²) in [5, 5.41) is 2.68. The van der Waals surface area contributed by atoms with Crippen molar-refractivity contribution >= 4 is 11.9 Å². The van der Waals surface area contributed by atoms with Crippen molar-refractivity contribution < 1.29 is 9.53 Å². The maximum absolute atomic E-state index is 11.3. The first kappa shape index (κ1) is 10.5. The third kappa shape index (κ3) is 3.06. The van der Waals surface area contributed by atoms with Crippen LogP contribution in [0.3, 0.4) is 0 Å². The number of nitrogens with two attached hydrogens (primary N) is 1. The zero-order valence-electron chi connectivity index (χ0n) is 8.06. The van der Waals surface area contributed by atoms with E-state index in [1.165, 1.54) is 0 Å². The first-order chi connectivity index (χ1) is 6.74. The van der Waals surface area contributed by atoms with Crippen molar-refractivity contribution in [3.63, 3.8) is 0 Å². The number of nitrogen functional groups attached to an aromatic ring is 1. The van der Waals surface area contributed by atoms with Gasteiger partial charge in [-0.3, -0.25) is 4.79 Å². The van der Waals surface area contributed by atoms with E-state index in [1.807, 2.05) is 0 Å². The maximum Gasteiger partial charge on any atom is 0.240 e. The van der Waals surface area contributed by atoms with Gasteiger partial charge in [0, 0.05) is 26.0 Å². The lowest BCUT2D eigenvalue weighted by atomic mass is 10.5. The summed E-state index contributed by atoms with van der Waals surface area (Å²) in [6, 6.07) is 0. The van der Waals surface area contributed by atoms with E-state index in [0.29, 0.717) is 19.1 Å². The quantitative estimate of drug-likeness (QED) is 0.608. The van der Waals surface area contributed by atoms with Crippen LogP contribution in [0.25, 0.3) is 0 Å². The third-order valence-electron chi connectivity index (χ3n) is 1.69. The Morgan fingerprint density at radius 3 is 3.14 bits per heavy atom. The zero-order chi connectivity index (χ0) is 10.4. The molecule has 0 aliphatic carbocycles. The van der Waals surface area contributed by atoms with Gasteiger partial charge in [-0.05, 0) is 0 Å². The SMILES string of the molecule is COCCNC(=O)Cn1ccnc1N. The summed E-state index contributed by atoms with van der Waals surface area (Å²) in [4.78, 5) is 15.1. The number of nitrogens with one attached hydrogen (secondary N) is 1. The number of hydrogen-bond acceptors (Lipinski definition) is 4. The Hall–Kier alpha value is -1.56. The fourth-order valence-electron chi connectivity index (χ4n) is 0.978. The summed E-state index contributed by atoms with van der Waals surface area (Å²) in [6.45, 7) is 1.20. The number of hydrogen-bond donors (Lipinski definition) is 2. The number of amides is 1. The van der Waals surface area contributed by atoms with Crippen LogP contribution in [0.4, 0.5) is 5.95 Å². The summed E-state index contributed by atoms with van der Waals surface area (Å²) < 4.78 is 6.36. The van der Waals surface area contributed by atoms with Gasteiger partial charge in [-0.1, -0.05) is 0 Å². The molecule has 1 rings (SSSR count). The molecule has 0 spiro atoms. The molecule has 6 heteroatoms. The Kier molecular flexibility index (Phi) is 3.93. The van der Waals surface area contributed by atoms with Crippen LogP contribution in [0.2, 0.25) is 0 Å². The molecule has 1 amide bonds. The Morgan fingerprint density at radius 2 is 2.57 bits per heavy atom. The molecule has 78 valence electrons. The number of anilines is 1. The first-order valence-electron chi connectivity index (χ1n) is 4.26. The number of carbonyl (C=O) groups excluding carboxylic acids is 1. The van der Waals surface area contributed by atoms with Crippen molar-refractivity contribution in [1.29, 1.82) is 0 Å². The van der Waals surface area contributed by atoms with E-state index in [-0.39, 0.29) is 12.5 Å². The first-order valence-corrected chi connectivity index (χ1v) is 4.26. The highest BCUT2D eigenvalue weighted by atomic mass is 16.5. The number of imidazole rings is 1. The van der Waals surface area contributed by atoms with Crippen LogP contribution in [0.5, 0.6) is 0 Å². The van der Waals surface area contributed by atoms with E-state index >= 15 is 0 Å². The van der Waals surface area contributed by atoms with Gasteiger partial charge in [-0.15, -0.1) is 0 Å². The number of nitrogens with zero attached hydrogens (tertiary/aromatic N) is 2. The van der Waals surface area contributed by atoms with Gasteiger partial charge in [0.25, 0.3) is 0 Å². The molecule has 0 radical (unpaired) electrons. The third-order valence-corrected chi connectivity index (χ3v) is 1.69. The molecule has 3 N–H and O–H groups in total. The molecular formula is C8H14N4O2. The molecule has 0 fully saturated rings. The molecule has 1 aromatic rings. The van der Waals surface area contributed by atoms with E-state index in [1.54, 1.807) is 24.1 Å². The van der Waals surface area contributed by atoms with Gasteiger partial charge in [-0.25, -0.2) is 4.98 Å². The Balaban J connectivity index is 2.31. The van der Waals surface area contributed by atoms with Crippen molar-refractivity contribution in [3.05, 3.63) is 12.4 Å². The summed E-state index contributed by atoms with van der Waals surface area (Å²) in [7, 11) is 1.58. The minimum Gasteiger partial charge on any atom is -0.383 e. The molecule has 0 atom stereocenters. The minimum atomic E-state index is -0.105. The van der Waals surface area contributed by atoms with Gasteiger partial charge >= 0.3 is 0 Å². The molecule has 6 nitrogen and oxygen atoms in total. The second-order valence-corrected chi connectivity index (χ2v) is 2.76. The summed E-state index contributed by atoms with van der Waals surface area (Å²) in [5.74, 6) is 0.235. The molecule has 14 heavy (non-hydrogen) atoms. The second-order valence-electron chi connectivity index (χ2n) is 2.76. The second kappa shape index (κ2) is 5.23. The largest absolute Gasteiger partial charge is 0.383 e. The van der Waals surface area contributed by atoms with Crippen LogP contribution >= 0.6 is 0 Å². The highest BCUT2D eigenvalue weighted by Crippen LogP contribution is 1.96. The lowest BCUT2D eigenvalue weighted by Crippen LogP contribution is -2.30. The summed E-state index contributed by atoms with van der Waals surface area (Å²) in [6.07, 6.45) is 3.21. The smallest absolute Gasteiger partial charge is 0.240 e. The van der Waals surface area contributed by atoms with Crippen LogP contribution < -0.4 is 11.1 Å². The van der Waals surface area contributed by atoms with Crippen molar-refractivity contribution in [2.45, 2.75) is 6.54 Å². The topological polar surface area (TPSA) is 82.2 Å².